The van der Waals surface area contributed by atoms with Crippen LogP contribution in [-0.4, -0.2) is 44.6 Å². The molecular weight excluding hydrogens is 486 g/mol. The van der Waals surface area contributed by atoms with Crippen LogP contribution in [0.25, 0.3) is 23.0 Å². The lowest BCUT2D eigenvalue weighted by Crippen LogP contribution is -2.43. The Hall–Kier alpha value is -5.04. The highest BCUT2D eigenvalue weighted by Gasteiger charge is 2.35. The summed E-state index contributed by atoms with van der Waals surface area (Å²) in [6.07, 6.45) is 3.82. The summed E-state index contributed by atoms with van der Waals surface area (Å²) < 4.78 is 7.02. The first-order chi connectivity index (χ1) is 18.3. The van der Waals surface area contributed by atoms with Crippen molar-refractivity contribution in [2.45, 2.75) is 27.2 Å². The van der Waals surface area contributed by atoms with E-state index in [1.165, 1.54) is 12.1 Å². The van der Waals surface area contributed by atoms with E-state index in [2.05, 4.69) is 5.10 Å². The number of nitriles is 1. The van der Waals surface area contributed by atoms with E-state index in [0.29, 0.717) is 23.2 Å². The maximum atomic E-state index is 13.3. The molecule has 1 aromatic heterocycles. The first-order valence-corrected chi connectivity index (χ1v) is 12.1. The largest absolute Gasteiger partial charge is 0.487 e. The van der Waals surface area contributed by atoms with Crippen LogP contribution in [-0.2, 0) is 9.59 Å². The summed E-state index contributed by atoms with van der Waals surface area (Å²) in [6, 6.07) is 15.7. The van der Waals surface area contributed by atoms with Gasteiger partial charge < -0.3 is 4.74 Å². The lowest BCUT2D eigenvalue weighted by molar-refractivity contribution is -0.385. The van der Waals surface area contributed by atoms with E-state index < -0.39 is 16.7 Å². The van der Waals surface area contributed by atoms with Gasteiger partial charge in [-0.3, -0.25) is 24.6 Å². The van der Waals surface area contributed by atoms with Crippen LogP contribution < -0.4 is 4.74 Å². The summed E-state index contributed by atoms with van der Waals surface area (Å²) in [5, 5.41) is 26.1. The molecule has 38 heavy (non-hydrogen) atoms. The van der Waals surface area contributed by atoms with E-state index in [9.17, 15) is 25.0 Å². The molecule has 10 nitrogen and oxygen atoms in total. The second-order valence-corrected chi connectivity index (χ2v) is 8.52. The molecule has 2 heterocycles. The van der Waals surface area contributed by atoms with Crippen molar-refractivity contribution >= 4 is 23.6 Å². The van der Waals surface area contributed by atoms with Crippen LogP contribution in [0.1, 0.15) is 32.8 Å². The minimum absolute atomic E-state index is 0.0991. The first kappa shape index (κ1) is 26.0. The second-order valence-electron chi connectivity index (χ2n) is 8.52. The van der Waals surface area contributed by atoms with Crippen LogP contribution in [0.4, 0.5) is 5.69 Å². The van der Waals surface area contributed by atoms with Crippen LogP contribution >= 0.6 is 0 Å². The normalized spacial score (nSPS) is 14.7. The van der Waals surface area contributed by atoms with Gasteiger partial charge in [0.15, 0.2) is 5.75 Å². The van der Waals surface area contributed by atoms with Gasteiger partial charge in [-0.2, -0.15) is 10.4 Å². The minimum atomic E-state index is -0.614. The van der Waals surface area contributed by atoms with Gasteiger partial charge in [-0.1, -0.05) is 25.1 Å². The van der Waals surface area contributed by atoms with E-state index >= 15 is 0 Å². The highest BCUT2D eigenvalue weighted by atomic mass is 16.6. The Labute approximate surface area is 219 Å². The van der Waals surface area contributed by atoms with Gasteiger partial charge in [0.05, 0.1) is 17.2 Å². The van der Waals surface area contributed by atoms with Crippen LogP contribution in [0.15, 0.2) is 71.4 Å². The molecule has 0 saturated carbocycles. The zero-order valence-corrected chi connectivity index (χ0v) is 21.2. The lowest BCUT2D eigenvalue weighted by Gasteiger charge is -2.27. The minimum Gasteiger partial charge on any atom is -0.487 e. The van der Waals surface area contributed by atoms with E-state index in [0.717, 1.165) is 10.6 Å². The molecule has 0 aliphatic carbocycles. The zero-order chi connectivity index (χ0) is 27.4. The monoisotopic (exact) mass is 511 g/mol. The molecule has 1 aliphatic heterocycles. The third kappa shape index (κ3) is 4.82. The Bertz CT molecular complexity index is 1530. The van der Waals surface area contributed by atoms with Crippen molar-refractivity contribution in [2.75, 3.05) is 13.2 Å². The molecule has 2 aromatic carbocycles. The Morgan fingerprint density at radius 1 is 1.13 bits per heavy atom. The number of ether oxygens (including phenoxy) is 1. The van der Waals surface area contributed by atoms with Gasteiger partial charge in [-0.05, 0) is 56.2 Å². The van der Waals surface area contributed by atoms with Crippen LogP contribution in [0.3, 0.4) is 0 Å². The van der Waals surface area contributed by atoms with Crippen molar-refractivity contribution in [1.82, 2.24) is 14.7 Å². The predicted molar refractivity (Wildman–Crippen MR) is 140 cm³/mol. The number of nitro benzene ring substituents is 1. The number of carbonyl (C=O) groups excluding carboxylic acids is 2. The Morgan fingerprint density at radius 2 is 1.87 bits per heavy atom. The molecule has 0 fully saturated rings. The van der Waals surface area contributed by atoms with Crippen molar-refractivity contribution in [1.29, 1.82) is 5.26 Å². The molecule has 0 bridgehead atoms. The van der Waals surface area contributed by atoms with Crippen LogP contribution in [0.2, 0.25) is 0 Å². The van der Waals surface area contributed by atoms with Crippen molar-refractivity contribution in [3.63, 3.8) is 0 Å². The number of aromatic nitrogens is 2. The summed E-state index contributed by atoms with van der Waals surface area (Å²) in [6.45, 7) is 5.58. The topological polar surface area (TPSA) is 131 Å². The number of amides is 2. The number of carbonyl (C=O) groups is 2. The van der Waals surface area contributed by atoms with Crippen molar-refractivity contribution in [3.05, 3.63) is 87.1 Å². The van der Waals surface area contributed by atoms with Crippen molar-refractivity contribution < 1.29 is 19.2 Å². The Morgan fingerprint density at radius 3 is 2.50 bits per heavy atom. The van der Waals surface area contributed by atoms with Crippen LogP contribution in [0.5, 0.6) is 5.75 Å². The maximum Gasteiger partial charge on any atom is 0.311 e. The Kier molecular flexibility index (Phi) is 7.48. The first-order valence-electron chi connectivity index (χ1n) is 12.1. The quantitative estimate of drug-likeness (QED) is 0.183. The smallest absolute Gasteiger partial charge is 0.311 e. The van der Waals surface area contributed by atoms with Gasteiger partial charge >= 0.3 is 5.69 Å². The van der Waals surface area contributed by atoms with Gasteiger partial charge in [0.1, 0.15) is 17.3 Å². The number of imide groups is 1. The van der Waals surface area contributed by atoms with Gasteiger partial charge in [0.2, 0.25) is 0 Å². The fourth-order valence-corrected chi connectivity index (χ4v) is 4.23. The lowest BCUT2D eigenvalue weighted by atomic mass is 9.93. The maximum absolute atomic E-state index is 13.3. The molecule has 0 N–H and O–H groups in total. The van der Waals surface area contributed by atoms with Gasteiger partial charge in [0, 0.05) is 35.5 Å². The fraction of sp³-hybridized carbons (Fsp3) is 0.214. The third-order valence-corrected chi connectivity index (χ3v) is 6.06. The molecular formula is C28H25N5O5. The number of hydrogen-bond donors (Lipinski definition) is 0. The molecule has 10 heteroatoms. The molecule has 0 atom stereocenters. The standard InChI is InChI=1S/C28H25N5O5/c1-4-13-31-27(34)22(18(3)23(16-29)28(31)35)14-20-17-32(21-9-7-6-8-10-21)30-26(20)19-11-12-25(38-5-2)24(15-19)33(36)37/h6-12,14-15,17H,4-5,13H2,1-3H3/b22-14+. The van der Waals surface area contributed by atoms with Gasteiger partial charge in [0.25, 0.3) is 11.8 Å². The van der Waals surface area contributed by atoms with E-state index in [-0.39, 0.29) is 41.3 Å². The molecule has 192 valence electrons. The van der Waals surface area contributed by atoms with Crippen molar-refractivity contribution in [2.24, 2.45) is 0 Å². The zero-order valence-electron chi connectivity index (χ0n) is 21.2. The van der Waals surface area contributed by atoms with Gasteiger partial charge in [-0.15, -0.1) is 0 Å². The third-order valence-electron chi connectivity index (χ3n) is 6.06. The molecule has 3 aromatic rings. The second kappa shape index (κ2) is 10.9. The predicted octanol–water partition coefficient (Wildman–Crippen LogP) is 4.85. The summed E-state index contributed by atoms with van der Waals surface area (Å²) in [5.41, 5.74) is 2.18. The molecule has 1 aliphatic rings. The number of benzene rings is 2. The average Bonchev–Trinajstić information content (AvgIpc) is 3.34. The highest BCUT2D eigenvalue weighted by molar-refractivity contribution is 6.19. The number of nitro groups is 1. The SMILES string of the molecule is CCCN1C(=O)C(C#N)=C(C)/C(=C\c2cn(-c3ccccc3)nc2-c2ccc(OCC)c([N+](=O)[O-])c2)C1=O. The molecule has 0 spiro atoms. The summed E-state index contributed by atoms with van der Waals surface area (Å²) in [7, 11) is 0. The van der Waals surface area contributed by atoms with Crippen LogP contribution in [0, 0.1) is 21.4 Å². The summed E-state index contributed by atoms with van der Waals surface area (Å²) >= 11 is 0. The van der Waals surface area contributed by atoms with E-state index in [4.69, 9.17) is 4.74 Å². The molecule has 0 radical (unpaired) electrons. The average molecular weight is 512 g/mol. The summed E-state index contributed by atoms with van der Waals surface area (Å²) in [5.74, 6) is -0.988. The number of para-hydroxylation sites is 1. The number of hydrogen-bond acceptors (Lipinski definition) is 7. The van der Waals surface area contributed by atoms with E-state index in [1.807, 2.05) is 43.3 Å². The van der Waals surface area contributed by atoms with Gasteiger partial charge in [-0.25, -0.2) is 4.68 Å². The Balaban J connectivity index is 1.95. The molecule has 2 amide bonds. The van der Waals surface area contributed by atoms with E-state index in [1.54, 1.807) is 36.9 Å². The molecule has 0 saturated heterocycles. The molecule has 0 unspecified atom stereocenters. The highest BCUT2D eigenvalue weighted by Crippen LogP contribution is 2.35. The number of rotatable bonds is 8. The number of nitrogens with zero attached hydrogens (tertiary/aromatic N) is 5. The fourth-order valence-electron chi connectivity index (χ4n) is 4.23. The summed E-state index contributed by atoms with van der Waals surface area (Å²) in [4.78, 5) is 38.4. The van der Waals surface area contributed by atoms with Crippen molar-refractivity contribution in [3.8, 4) is 28.8 Å². The molecule has 4 rings (SSSR count).